The van der Waals surface area contributed by atoms with E-state index < -0.39 is 12.7 Å². The van der Waals surface area contributed by atoms with E-state index in [0.717, 1.165) is 3.57 Å². The van der Waals surface area contributed by atoms with Gasteiger partial charge in [0.25, 0.3) is 0 Å². The van der Waals surface area contributed by atoms with Gasteiger partial charge < -0.3 is 9.47 Å². The van der Waals surface area contributed by atoms with E-state index in [4.69, 9.17) is 0 Å². The predicted octanol–water partition coefficient (Wildman–Crippen LogP) is 6.69. The minimum atomic E-state index is -4.68. The van der Waals surface area contributed by atoms with Crippen LogP contribution < -0.4 is 9.47 Å². The normalized spacial score (nSPS) is 11.0. The highest BCUT2D eigenvalue weighted by Gasteiger charge is 2.31. The Bertz CT molecular complexity index is 1160. The Kier molecular flexibility index (Phi) is 10.7. The number of ether oxygens (including phenoxy) is 2. The fraction of sp³-hybridized carbons (Fsp3) is 0.111. The highest BCUT2D eigenvalue weighted by Crippen LogP contribution is 2.24. The van der Waals surface area contributed by atoms with Crippen LogP contribution in [-0.2, 0) is 0 Å². The number of alkyl halides is 6. The van der Waals surface area contributed by atoms with Crippen molar-refractivity contribution in [1.29, 1.82) is 0 Å². The number of benzene rings is 2. The van der Waals surface area contributed by atoms with Gasteiger partial charge in [-0.15, -0.1) is 31.4 Å². The number of hydrogen-bond donors (Lipinski definition) is 1. The molecule has 0 amide bonds. The Morgan fingerprint density at radius 1 is 0.800 bits per heavy atom. The summed E-state index contributed by atoms with van der Waals surface area (Å²) in [5, 5.41) is 10.0. The van der Waals surface area contributed by atoms with Crippen LogP contribution in [0.5, 0.6) is 11.5 Å². The van der Waals surface area contributed by atoms with Crippen LogP contribution in [0.4, 0.5) is 26.3 Å². The Morgan fingerprint density at radius 2 is 1.31 bits per heavy atom. The van der Waals surface area contributed by atoms with Gasteiger partial charge in [-0.3, -0.25) is 5.10 Å². The molecule has 4 aromatic rings. The highest BCUT2D eigenvalue weighted by atomic mass is 127. The number of hydrogen-bond acceptors (Lipinski definition) is 6. The lowest BCUT2D eigenvalue weighted by Crippen LogP contribution is -2.17. The second-order valence-electron chi connectivity index (χ2n) is 5.78. The highest BCUT2D eigenvalue weighted by molar-refractivity contribution is 14.1. The summed E-state index contributed by atoms with van der Waals surface area (Å²) in [5.74, 6) is -0.469. The molecule has 0 aliphatic heterocycles. The van der Waals surface area contributed by atoms with Gasteiger partial charge in [-0.1, -0.05) is 0 Å². The average Bonchev–Trinajstić information content (AvgIpc) is 3.40. The SMILES string of the molecule is Brc1ncn[nH]1.FC(F)(F)Oc1ccc(-n2cnc(Br)n2)cc1.FC(F)(F)Oc1ccc(I)cc1. The van der Waals surface area contributed by atoms with Crippen LogP contribution in [-0.4, -0.2) is 42.7 Å². The van der Waals surface area contributed by atoms with Crippen molar-refractivity contribution in [2.75, 3.05) is 0 Å². The largest absolute Gasteiger partial charge is 0.573 e. The fourth-order valence-electron chi connectivity index (χ4n) is 1.99. The van der Waals surface area contributed by atoms with Crippen molar-refractivity contribution in [3.63, 3.8) is 0 Å². The second-order valence-corrected chi connectivity index (χ2v) is 8.48. The molecule has 35 heavy (non-hydrogen) atoms. The molecule has 17 heteroatoms. The van der Waals surface area contributed by atoms with Crippen molar-refractivity contribution in [2.24, 2.45) is 0 Å². The van der Waals surface area contributed by atoms with Crippen LogP contribution in [0.2, 0.25) is 0 Å². The molecule has 0 atom stereocenters. The van der Waals surface area contributed by atoms with Crippen molar-refractivity contribution >= 4 is 54.5 Å². The van der Waals surface area contributed by atoms with Crippen molar-refractivity contribution in [2.45, 2.75) is 12.7 Å². The number of nitrogens with zero attached hydrogens (tertiary/aromatic N) is 5. The molecule has 0 radical (unpaired) electrons. The van der Waals surface area contributed by atoms with Gasteiger partial charge in [0.2, 0.25) is 4.73 Å². The van der Waals surface area contributed by atoms with Crippen molar-refractivity contribution < 1.29 is 35.8 Å². The summed E-state index contributed by atoms with van der Waals surface area (Å²) in [6.45, 7) is 0. The Balaban J connectivity index is 0.000000207. The summed E-state index contributed by atoms with van der Waals surface area (Å²) < 4.78 is 81.3. The lowest BCUT2D eigenvalue weighted by atomic mass is 10.3. The van der Waals surface area contributed by atoms with Gasteiger partial charge in [-0.05, 0) is 103 Å². The van der Waals surface area contributed by atoms with E-state index in [1.165, 1.54) is 53.7 Å². The van der Waals surface area contributed by atoms with Gasteiger partial charge in [-0.25, -0.2) is 14.6 Å². The number of aromatic nitrogens is 6. The lowest BCUT2D eigenvalue weighted by Gasteiger charge is -2.08. The van der Waals surface area contributed by atoms with Gasteiger partial charge in [0, 0.05) is 3.57 Å². The standard InChI is InChI=1S/C9H5BrF3N3O.C7H4F3IO.C2H2BrN3/c10-8-14-5-16(15-8)6-1-3-7(4-2-6)17-9(11,12)13;8-7(9,10)12-6-3-1-5(11)2-4-6;3-2-4-1-5-6-2/h1-5H;1-4H;1H,(H,4,5,6). The molecule has 8 nitrogen and oxygen atoms in total. The molecule has 2 heterocycles. The van der Waals surface area contributed by atoms with Gasteiger partial charge in [0.15, 0.2) is 4.73 Å². The van der Waals surface area contributed by atoms with E-state index in [-0.39, 0.29) is 11.5 Å². The molecule has 2 aromatic carbocycles. The molecule has 0 bridgehead atoms. The topological polar surface area (TPSA) is 90.7 Å². The zero-order valence-electron chi connectivity index (χ0n) is 16.7. The van der Waals surface area contributed by atoms with Crippen LogP contribution in [0.25, 0.3) is 5.69 Å². The maximum Gasteiger partial charge on any atom is 0.573 e. The Hall–Kier alpha value is -2.41. The van der Waals surface area contributed by atoms with Crippen LogP contribution >= 0.6 is 54.5 Å². The first kappa shape index (κ1) is 28.8. The van der Waals surface area contributed by atoms with Gasteiger partial charge >= 0.3 is 12.7 Å². The molecule has 0 fully saturated rings. The third kappa shape index (κ3) is 12.2. The molecule has 0 unspecified atom stereocenters. The molecule has 0 aliphatic carbocycles. The average molecular weight is 744 g/mol. The monoisotopic (exact) mass is 742 g/mol. The zero-order valence-corrected chi connectivity index (χ0v) is 22.1. The quantitative estimate of drug-likeness (QED) is 0.186. The van der Waals surface area contributed by atoms with Crippen molar-refractivity contribution in [1.82, 2.24) is 29.9 Å². The van der Waals surface area contributed by atoms with E-state index in [1.54, 1.807) is 12.1 Å². The van der Waals surface area contributed by atoms with Crippen molar-refractivity contribution in [3.8, 4) is 17.2 Å². The maximum atomic E-state index is 11.9. The predicted molar refractivity (Wildman–Crippen MR) is 126 cm³/mol. The van der Waals surface area contributed by atoms with Crippen LogP contribution in [0, 0.1) is 3.57 Å². The van der Waals surface area contributed by atoms with E-state index in [2.05, 4.69) is 66.6 Å². The first-order chi connectivity index (χ1) is 16.3. The minimum absolute atomic E-state index is 0.192. The second kappa shape index (κ2) is 13.1. The first-order valence-corrected chi connectivity index (χ1v) is 11.4. The zero-order chi connectivity index (χ0) is 26.1. The molecular formula is C18H11Br2F6IN6O2. The Morgan fingerprint density at radius 3 is 1.66 bits per heavy atom. The summed E-state index contributed by atoms with van der Waals surface area (Å²) in [7, 11) is 0. The molecule has 1 N–H and O–H groups in total. The van der Waals surface area contributed by atoms with Gasteiger partial charge in [0.1, 0.15) is 24.2 Å². The van der Waals surface area contributed by atoms with Gasteiger partial charge in [0.05, 0.1) is 5.69 Å². The number of halogens is 9. The molecule has 188 valence electrons. The smallest absolute Gasteiger partial charge is 0.406 e. The van der Waals surface area contributed by atoms with Crippen molar-refractivity contribution in [3.05, 3.63) is 74.2 Å². The molecule has 2 aromatic heterocycles. The first-order valence-electron chi connectivity index (χ1n) is 8.76. The molecule has 0 saturated heterocycles. The van der Waals surface area contributed by atoms with E-state index in [1.807, 2.05) is 22.6 Å². The summed E-state index contributed by atoms with van der Waals surface area (Å²) in [4.78, 5) is 7.50. The molecule has 0 aliphatic rings. The number of H-pyrrole nitrogens is 1. The Labute approximate surface area is 223 Å². The van der Waals surface area contributed by atoms with Gasteiger partial charge in [-0.2, -0.15) is 5.10 Å². The van der Waals surface area contributed by atoms with E-state index in [0.29, 0.717) is 15.2 Å². The van der Waals surface area contributed by atoms with Crippen LogP contribution in [0.3, 0.4) is 0 Å². The summed E-state index contributed by atoms with van der Waals surface area (Å²) >= 11 is 8.12. The van der Waals surface area contributed by atoms with E-state index in [9.17, 15) is 26.3 Å². The molecular weight excluding hydrogens is 733 g/mol. The van der Waals surface area contributed by atoms with E-state index >= 15 is 0 Å². The summed E-state index contributed by atoms with van der Waals surface area (Å²) in [6.07, 6.45) is -6.42. The molecule has 0 saturated carbocycles. The third-order valence-electron chi connectivity index (χ3n) is 3.23. The summed E-state index contributed by atoms with van der Waals surface area (Å²) in [6, 6.07) is 10.9. The fourth-order valence-corrected chi connectivity index (χ4v) is 2.81. The number of nitrogens with one attached hydrogen (secondary N) is 1. The lowest BCUT2D eigenvalue weighted by molar-refractivity contribution is -0.275. The third-order valence-corrected chi connectivity index (χ3v) is 4.70. The molecule has 0 spiro atoms. The van der Waals surface area contributed by atoms with Crippen LogP contribution in [0.1, 0.15) is 0 Å². The van der Waals surface area contributed by atoms with Crippen LogP contribution in [0.15, 0.2) is 70.7 Å². The summed E-state index contributed by atoms with van der Waals surface area (Å²) in [5.41, 5.74) is 0.581. The molecule has 4 rings (SSSR count). The number of aromatic amines is 1. The number of rotatable bonds is 3. The minimum Gasteiger partial charge on any atom is -0.406 e. The maximum absolute atomic E-state index is 11.9.